The number of esters is 2. The third-order valence-corrected chi connectivity index (χ3v) is 8.73. The summed E-state index contributed by atoms with van der Waals surface area (Å²) in [7, 11) is -0.117. The molecule has 0 saturated carbocycles. The number of benzene rings is 1. The highest BCUT2D eigenvalue weighted by Crippen LogP contribution is 2.58. The first-order valence-electron chi connectivity index (χ1n) is 15.4. The van der Waals surface area contributed by atoms with Crippen molar-refractivity contribution in [2.45, 2.75) is 65.8 Å². The molecule has 2 aliphatic heterocycles. The number of carbonyl (C=O) groups is 2. The van der Waals surface area contributed by atoms with Crippen LogP contribution in [0.5, 0.6) is 0 Å². The highest BCUT2D eigenvalue weighted by Gasteiger charge is 2.47. The lowest BCUT2D eigenvalue weighted by Crippen LogP contribution is -2.24. The van der Waals surface area contributed by atoms with Crippen LogP contribution in [0.3, 0.4) is 0 Å². The number of para-hydroxylation sites is 1. The molecule has 0 bridgehead atoms. The Hall–Kier alpha value is -3.51. The fraction of sp³-hybridized carbons (Fsp3) is 0.455. The first-order valence-corrected chi connectivity index (χ1v) is 16.9. The highest BCUT2D eigenvalue weighted by molar-refractivity contribution is 7.55. The summed E-state index contributed by atoms with van der Waals surface area (Å²) in [5, 5.41) is 1.06. The average molecular weight is 658 g/mol. The molecule has 2 aromatic rings. The number of nitrogens with zero attached hydrogens (tertiary/aromatic N) is 4. The topological polar surface area (TPSA) is 115 Å². The van der Waals surface area contributed by atoms with Crippen molar-refractivity contribution in [3.8, 4) is 0 Å². The summed E-state index contributed by atoms with van der Waals surface area (Å²) in [4.78, 5) is 42.8. The predicted molar refractivity (Wildman–Crippen MR) is 176 cm³/mol. The fourth-order valence-electron chi connectivity index (χ4n) is 4.77. The predicted octanol–water partition coefficient (Wildman–Crippen LogP) is 5.45. The van der Waals surface area contributed by atoms with Gasteiger partial charge in [0.2, 0.25) is 13.6 Å². The third-order valence-electron chi connectivity index (χ3n) is 7.43. The van der Waals surface area contributed by atoms with Crippen LogP contribution in [0.2, 0.25) is 0 Å². The van der Waals surface area contributed by atoms with Gasteiger partial charge in [-0.1, -0.05) is 30.4 Å². The van der Waals surface area contributed by atoms with Crippen molar-refractivity contribution in [2.24, 2.45) is 0 Å². The molecule has 1 aromatic heterocycles. The van der Waals surface area contributed by atoms with Crippen LogP contribution in [0.1, 0.15) is 46.1 Å². The lowest BCUT2D eigenvalue weighted by Gasteiger charge is -2.24. The molecule has 13 heteroatoms. The number of aromatic nitrogens is 1. The van der Waals surface area contributed by atoms with Gasteiger partial charge in [-0.25, -0.2) is 9.59 Å². The molecule has 0 aliphatic carbocycles. The van der Waals surface area contributed by atoms with Gasteiger partial charge in [0.25, 0.3) is 0 Å². The minimum absolute atomic E-state index is 0.132. The van der Waals surface area contributed by atoms with Crippen LogP contribution in [0, 0.1) is 0 Å². The maximum absolute atomic E-state index is 12.8. The van der Waals surface area contributed by atoms with E-state index >= 15 is 0 Å². The number of carbonyl (C=O) groups excluding carboxylic acids is 2. The standard InChI is InChI=1S/C33H46N4O8P/c1-25(2)35-16-9-11-28(20-35)32(38)41-23-44-46(40,45-24-42-33(39)29-12-10-17-36(21-29)26(3)4)43-22-37-19-27(15-18-34(5)6)30-13-7-8-14-31(30)37/h7-10,13-14,16-17,19-21,25-26,40H,11-12,15,18,22-24H2,1-6H3/q+1. The molecule has 46 heavy (non-hydrogen) atoms. The number of fused-ring (bicyclic) bond motifs is 1. The van der Waals surface area contributed by atoms with E-state index in [9.17, 15) is 14.5 Å². The van der Waals surface area contributed by atoms with Gasteiger partial charge in [-0.2, -0.15) is 4.89 Å². The minimum Gasteiger partial charge on any atom is -0.430 e. The van der Waals surface area contributed by atoms with Crippen LogP contribution in [0.25, 0.3) is 10.9 Å². The lowest BCUT2D eigenvalue weighted by atomic mass is 10.1. The molecule has 0 unspecified atom stereocenters. The third kappa shape index (κ3) is 9.75. The molecule has 12 nitrogen and oxygen atoms in total. The maximum atomic E-state index is 12.8. The first-order chi connectivity index (χ1) is 22.0. The van der Waals surface area contributed by atoms with Crippen molar-refractivity contribution in [1.29, 1.82) is 0 Å². The second-order valence-electron chi connectivity index (χ2n) is 11.8. The van der Waals surface area contributed by atoms with Gasteiger partial charge >= 0.3 is 20.1 Å². The van der Waals surface area contributed by atoms with Crippen LogP contribution >= 0.6 is 8.17 Å². The van der Waals surface area contributed by atoms with E-state index in [2.05, 4.69) is 4.90 Å². The summed E-state index contributed by atoms with van der Waals surface area (Å²) in [5.74, 6) is -1.19. The summed E-state index contributed by atoms with van der Waals surface area (Å²) in [6, 6.07) is 8.22. The van der Waals surface area contributed by atoms with E-state index in [0.717, 1.165) is 29.4 Å². The molecule has 3 heterocycles. The molecule has 0 amide bonds. The second kappa shape index (κ2) is 16.4. The number of hydrogen-bond acceptors (Lipinski definition) is 11. The van der Waals surface area contributed by atoms with Crippen molar-refractivity contribution in [1.82, 2.24) is 19.3 Å². The zero-order valence-electron chi connectivity index (χ0n) is 27.5. The first kappa shape index (κ1) is 35.3. The van der Waals surface area contributed by atoms with Gasteiger partial charge in [-0.05, 0) is 59.8 Å². The summed E-state index contributed by atoms with van der Waals surface area (Å²) >= 11 is 0. The van der Waals surface area contributed by atoms with E-state index in [1.54, 1.807) is 12.4 Å². The summed E-state index contributed by atoms with van der Waals surface area (Å²) in [6.07, 6.45) is 14.6. The zero-order chi connectivity index (χ0) is 33.3. The normalized spacial score (nSPS) is 15.3. The van der Waals surface area contributed by atoms with Gasteiger partial charge in [-0.3, -0.25) is 0 Å². The summed E-state index contributed by atoms with van der Waals surface area (Å²) in [5.41, 5.74) is 2.90. The average Bonchev–Trinajstić information content (AvgIpc) is 3.40. The molecule has 1 aromatic carbocycles. The number of hydrogen-bond donors (Lipinski definition) is 1. The van der Waals surface area contributed by atoms with Crippen LogP contribution in [-0.2, 0) is 45.8 Å². The van der Waals surface area contributed by atoms with E-state index in [1.165, 1.54) is 0 Å². The van der Waals surface area contributed by atoms with Crippen LogP contribution in [0.4, 0.5) is 0 Å². The minimum atomic E-state index is -4.15. The SMILES string of the molecule is CC(C)N1C=CCC(C(=O)OCO[P+](O)(OCOC(=O)C2=CN(C(C)C)C=CC2)OCn2cc(CCN(C)C)c3ccccc32)=C1. The summed E-state index contributed by atoms with van der Waals surface area (Å²) < 4.78 is 29.4. The quantitative estimate of drug-likeness (QED) is 0.141. The van der Waals surface area contributed by atoms with E-state index in [1.807, 2.05) is 111 Å². The summed E-state index contributed by atoms with van der Waals surface area (Å²) in [6.45, 7) is 7.47. The van der Waals surface area contributed by atoms with Gasteiger partial charge in [0.15, 0.2) is 6.73 Å². The van der Waals surface area contributed by atoms with Crippen molar-refractivity contribution < 1.29 is 37.5 Å². The van der Waals surface area contributed by atoms with Gasteiger partial charge in [0, 0.05) is 67.9 Å². The number of allylic oxidation sites excluding steroid dienone is 2. The van der Waals surface area contributed by atoms with E-state index in [-0.39, 0.29) is 18.8 Å². The van der Waals surface area contributed by atoms with Crippen molar-refractivity contribution >= 4 is 31.0 Å². The fourth-order valence-corrected chi connectivity index (χ4v) is 5.63. The van der Waals surface area contributed by atoms with Gasteiger partial charge in [0.05, 0.1) is 16.7 Å². The van der Waals surface area contributed by atoms with E-state index in [0.29, 0.717) is 24.0 Å². The number of rotatable bonds is 16. The van der Waals surface area contributed by atoms with Crippen molar-refractivity contribution in [2.75, 3.05) is 34.2 Å². The molecule has 250 valence electrons. The Morgan fingerprint density at radius 2 is 1.41 bits per heavy atom. The van der Waals surface area contributed by atoms with E-state index < -0.39 is 33.7 Å². The monoisotopic (exact) mass is 657 g/mol. The molecule has 0 radical (unpaired) electrons. The van der Waals surface area contributed by atoms with Gasteiger partial charge in [-0.15, -0.1) is 13.6 Å². The molecule has 0 saturated heterocycles. The molecular formula is C33H46N4O8P+. The van der Waals surface area contributed by atoms with Gasteiger partial charge < -0.3 is 28.7 Å². The highest BCUT2D eigenvalue weighted by atomic mass is 31.2. The Bertz CT molecular complexity index is 1420. The lowest BCUT2D eigenvalue weighted by molar-refractivity contribution is -0.150. The Balaban J connectivity index is 1.43. The molecular weight excluding hydrogens is 611 g/mol. The van der Waals surface area contributed by atoms with Crippen molar-refractivity contribution in [3.05, 3.63) is 84.1 Å². The Morgan fingerprint density at radius 3 is 1.93 bits per heavy atom. The van der Waals surface area contributed by atoms with Crippen LogP contribution < -0.4 is 0 Å². The molecule has 4 rings (SSSR count). The zero-order valence-corrected chi connectivity index (χ0v) is 28.4. The van der Waals surface area contributed by atoms with Gasteiger partial charge in [0.1, 0.15) is 0 Å². The molecule has 1 N–H and O–H groups in total. The van der Waals surface area contributed by atoms with E-state index in [4.69, 9.17) is 23.0 Å². The Morgan fingerprint density at radius 1 is 0.870 bits per heavy atom. The largest absolute Gasteiger partial charge is 0.581 e. The Labute approximate surface area is 271 Å². The van der Waals surface area contributed by atoms with Crippen molar-refractivity contribution in [3.63, 3.8) is 0 Å². The molecule has 0 fully saturated rings. The smallest absolute Gasteiger partial charge is 0.430 e. The Kier molecular flexibility index (Phi) is 12.6. The van der Waals surface area contributed by atoms with Crippen LogP contribution in [0.15, 0.2) is 78.6 Å². The second-order valence-corrected chi connectivity index (χ2v) is 13.6. The maximum Gasteiger partial charge on any atom is 0.581 e. The number of likely N-dealkylation sites (N-methyl/N-ethyl adjacent to an activating group) is 1. The molecule has 0 atom stereocenters. The van der Waals surface area contributed by atoms with Crippen LogP contribution in [-0.4, -0.2) is 82.4 Å². The molecule has 0 spiro atoms. The molecule has 2 aliphatic rings. The number of ether oxygens (including phenoxy) is 2.